The first-order valence-electron chi connectivity index (χ1n) is 13.4. The maximum Gasteiger partial charge on any atom is 0.270 e. The number of fused-ring (bicyclic) bond motifs is 1. The van der Waals surface area contributed by atoms with Crippen molar-refractivity contribution in [3.8, 4) is 5.75 Å². The van der Waals surface area contributed by atoms with Gasteiger partial charge in [0.1, 0.15) is 17.5 Å². The van der Waals surface area contributed by atoms with Crippen molar-refractivity contribution in [3.05, 3.63) is 30.0 Å². The topological polar surface area (TPSA) is 121 Å². The van der Waals surface area contributed by atoms with Gasteiger partial charge in [-0.1, -0.05) is 13.0 Å². The molecule has 0 bridgehead atoms. The molecule has 2 aromatic rings. The highest BCUT2D eigenvalue weighted by atomic mass is 16.5. The number of H-pyrrole nitrogens is 1. The van der Waals surface area contributed by atoms with Crippen LogP contribution in [0.2, 0.25) is 0 Å². The van der Waals surface area contributed by atoms with E-state index in [1.54, 1.807) is 25.0 Å². The molecule has 3 aliphatic rings. The van der Waals surface area contributed by atoms with Crippen molar-refractivity contribution in [2.75, 3.05) is 20.2 Å². The number of carbonyl (C=O) groups excluding carboxylic acids is 4. The number of rotatable bonds is 8. The van der Waals surface area contributed by atoms with Crippen LogP contribution in [-0.4, -0.2) is 65.7 Å². The highest BCUT2D eigenvalue weighted by Crippen LogP contribution is 2.55. The van der Waals surface area contributed by atoms with Crippen molar-refractivity contribution in [1.82, 2.24) is 20.5 Å². The molecule has 3 unspecified atom stereocenters. The van der Waals surface area contributed by atoms with E-state index in [-0.39, 0.29) is 47.7 Å². The maximum atomic E-state index is 13.7. The molecule has 1 spiro atoms. The van der Waals surface area contributed by atoms with Crippen molar-refractivity contribution in [2.45, 2.75) is 70.4 Å². The number of nitrogens with zero attached hydrogens (tertiary/aromatic N) is 1. The van der Waals surface area contributed by atoms with Crippen molar-refractivity contribution < 1.29 is 23.9 Å². The average molecular weight is 509 g/mol. The fraction of sp³-hybridized carbons (Fsp3) is 0.571. The molecule has 3 heterocycles. The van der Waals surface area contributed by atoms with E-state index in [0.717, 1.165) is 36.6 Å². The van der Waals surface area contributed by atoms with Crippen LogP contribution in [-0.2, 0) is 14.4 Å². The molecule has 1 aromatic carbocycles. The Morgan fingerprint density at radius 1 is 1.24 bits per heavy atom. The molecule has 9 heteroatoms. The normalized spacial score (nSPS) is 23.4. The van der Waals surface area contributed by atoms with Gasteiger partial charge >= 0.3 is 0 Å². The van der Waals surface area contributed by atoms with Gasteiger partial charge in [0.2, 0.25) is 11.8 Å². The summed E-state index contributed by atoms with van der Waals surface area (Å²) < 4.78 is 5.44. The van der Waals surface area contributed by atoms with E-state index < -0.39 is 12.1 Å². The molecule has 3 atom stereocenters. The van der Waals surface area contributed by atoms with Crippen LogP contribution < -0.4 is 15.4 Å². The number of likely N-dealkylation sites (tertiary alicyclic amines) is 1. The summed E-state index contributed by atoms with van der Waals surface area (Å²) in [5.74, 6) is -0.325. The first-order chi connectivity index (χ1) is 17.8. The van der Waals surface area contributed by atoms with Gasteiger partial charge in [-0.05, 0) is 68.6 Å². The Kier molecular flexibility index (Phi) is 6.96. The number of benzene rings is 1. The second-order valence-electron chi connectivity index (χ2n) is 10.8. The highest BCUT2D eigenvalue weighted by molar-refractivity contribution is 6.02. The van der Waals surface area contributed by atoms with Crippen LogP contribution in [0, 0.1) is 11.3 Å². The lowest BCUT2D eigenvalue weighted by molar-refractivity contribution is -0.133. The molecule has 0 radical (unpaired) electrons. The molecule has 5 rings (SSSR count). The molecule has 3 amide bonds. The van der Waals surface area contributed by atoms with E-state index in [1.807, 2.05) is 18.2 Å². The van der Waals surface area contributed by atoms with Gasteiger partial charge in [-0.2, -0.15) is 0 Å². The number of hydrogen-bond donors (Lipinski definition) is 3. The summed E-state index contributed by atoms with van der Waals surface area (Å²) in [7, 11) is 1.59. The molecule has 2 saturated heterocycles. The van der Waals surface area contributed by atoms with Crippen LogP contribution >= 0.6 is 0 Å². The number of methoxy groups -OCH3 is 1. The summed E-state index contributed by atoms with van der Waals surface area (Å²) in [6.45, 7) is 2.90. The Morgan fingerprint density at radius 3 is 2.76 bits per heavy atom. The summed E-state index contributed by atoms with van der Waals surface area (Å²) >= 11 is 0. The zero-order chi connectivity index (χ0) is 26.2. The minimum absolute atomic E-state index is 0.0601. The van der Waals surface area contributed by atoms with Crippen LogP contribution in [0.1, 0.15) is 68.8 Å². The lowest BCUT2D eigenvalue weighted by Crippen LogP contribution is -2.57. The van der Waals surface area contributed by atoms with Crippen molar-refractivity contribution in [3.63, 3.8) is 0 Å². The minimum atomic E-state index is -0.738. The number of hydrogen-bond acceptors (Lipinski definition) is 5. The number of amides is 3. The third kappa shape index (κ3) is 5.08. The summed E-state index contributed by atoms with van der Waals surface area (Å²) in [4.78, 5) is 57.4. The Hall–Kier alpha value is -3.36. The second-order valence-corrected chi connectivity index (χ2v) is 10.8. The first-order valence-corrected chi connectivity index (χ1v) is 13.4. The lowest BCUT2D eigenvalue weighted by atomic mass is 9.86. The average Bonchev–Trinajstić information content (AvgIpc) is 3.51. The monoisotopic (exact) mass is 508 g/mol. The fourth-order valence-electron chi connectivity index (χ4n) is 5.95. The van der Waals surface area contributed by atoms with Gasteiger partial charge < -0.3 is 25.3 Å². The minimum Gasteiger partial charge on any atom is -0.496 e. The van der Waals surface area contributed by atoms with Gasteiger partial charge in [-0.15, -0.1) is 0 Å². The molecule has 9 nitrogen and oxygen atoms in total. The molecule has 3 fully saturated rings. The predicted molar refractivity (Wildman–Crippen MR) is 138 cm³/mol. The van der Waals surface area contributed by atoms with E-state index in [4.69, 9.17) is 4.74 Å². The first kappa shape index (κ1) is 25.3. The van der Waals surface area contributed by atoms with Crippen LogP contribution in [0.25, 0.3) is 10.9 Å². The summed E-state index contributed by atoms with van der Waals surface area (Å²) in [6.07, 6.45) is 5.70. The van der Waals surface area contributed by atoms with Gasteiger partial charge in [0.05, 0.1) is 13.2 Å². The molecule has 3 N–H and O–H groups in total. The van der Waals surface area contributed by atoms with Crippen LogP contribution in [0.15, 0.2) is 24.3 Å². The number of ether oxygens (including phenoxy) is 1. The van der Waals surface area contributed by atoms with Gasteiger partial charge in [-0.3, -0.25) is 19.2 Å². The van der Waals surface area contributed by atoms with Gasteiger partial charge in [0, 0.05) is 36.3 Å². The van der Waals surface area contributed by atoms with E-state index in [2.05, 4.69) is 15.6 Å². The fourth-order valence-corrected chi connectivity index (χ4v) is 5.95. The molecule has 2 aliphatic heterocycles. The predicted octanol–water partition coefficient (Wildman–Crippen LogP) is 2.94. The lowest BCUT2D eigenvalue weighted by Gasteiger charge is -2.39. The maximum absolute atomic E-state index is 13.7. The zero-order valence-corrected chi connectivity index (χ0v) is 21.6. The van der Waals surface area contributed by atoms with Crippen LogP contribution in [0.5, 0.6) is 5.75 Å². The highest BCUT2D eigenvalue weighted by Gasteiger charge is 2.51. The summed E-state index contributed by atoms with van der Waals surface area (Å²) in [6, 6.07) is 5.96. The molecule has 37 heavy (non-hydrogen) atoms. The molecule has 198 valence electrons. The Bertz CT molecular complexity index is 1220. The van der Waals surface area contributed by atoms with E-state index in [1.165, 1.54) is 0 Å². The number of piperidine rings is 2. The smallest absolute Gasteiger partial charge is 0.270 e. The number of ketones is 1. The van der Waals surface area contributed by atoms with Gasteiger partial charge in [0.25, 0.3) is 5.91 Å². The van der Waals surface area contributed by atoms with Crippen molar-refractivity contribution in [1.29, 1.82) is 0 Å². The number of aromatic nitrogens is 1. The molecular weight excluding hydrogens is 472 g/mol. The third-order valence-electron chi connectivity index (χ3n) is 8.45. The van der Waals surface area contributed by atoms with Gasteiger partial charge in [0.15, 0.2) is 5.78 Å². The van der Waals surface area contributed by atoms with Gasteiger partial charge in [-0.25, -0.2) is 0 Å². The van der Waals surface area contributed by atoms with Crippen molar-refractivity contribution >= 4 is 34.4 Å². The Balaban J connectivity index is 1.37. The van der Waals surface area contributed by atoms with E-state index >= 15 is 0 Å². The summed E-state index contributed by atoms with van der Waals surface area (Å²) in [5.41, 5.74) is 1.30. The Labute approximate surface area is 216 Å². The molecule has 1 aromatic heterocycles. The quantitative estimate of drug-likeness (QED) is 0.506. The SMILES string of the molecule is CCC(=O)C(CC1CCCNC1=O)NC(=O)C1CC2(CCN1C(=O)c1cc3c(OC)cccc3[nH]1)CC2. The van der Waals surface area contributed by atoms with Crippen molar-refractivity contribution in [2.24, 2.45) is 11.3 Å². The van der Waals surface area contributed by atoms with E-state index in [9.17, 15) is 19.2 Å². The largest absolute Gasteiger partial charge is 0.496 e. The van der Waals surface area contributed by atoms with E-state index in [0.29, 0.717) is 37.4 Å². The van der Waals surface area contributed by atoms with Crippen LogP contribution in [0.4, 0.5) is 0 Å². The van der Waals surface area contributed by atoms with Crippen LogP contribution in [0.3, 0.4) is 0 Å². The third-order valence-corrected chi connectivity index (χ3v) is 8.45. The second kappa shape index (κ2) is 10.2. The number of nitrogens with one attached hydrogen (secondary N) is 3. The number of Topliss-reactive ketones (excluding diaryl/α,β-unsaturated/α-hetero) is 1. The molecule has 1 aliphatic carbocycles. The molecular formula is C28H36N4O5. The summed E-state index contributed by atoms with van der Waals surface area (Å²) in [5, 5.41) is 6.63. The standard InChI is InChI=1S/C28H36N4O5/c1-3-23(33)20(14-17-6-5-12-29-25(17)34)31-26(35)22-16-28(9-10-28)11-13-32(22)27(36)21-15-18-19(30-21)7-4-8-24(18)37-2/h4,7-8,15,17,20,22,30H,3,5-6,9-14,16H2,1-2H3,(H,29,34)(H,31,35). The molecule has 1 saturated carbocycles. The number of aromatic amines is 1. The zero-order valence-electron chi connectivity index (χ0n) is 21.6. The Morgan fingerprint density at radius 2 is 2.05 bits per heavy atom. The number of carbonyl (C=O) groups is 4.